The third-order valence-electron chi connectivity index (χ3n) is 3.59. The third kappa shape index (κ3) is 3.60. The highest BCUT2D eigenvalue weighted by Crippen LogP contribution is 2.18. The lowest BCUT2D eigenvalue weighted by Gasteiger charge is -2.12. The molecule has 26 heavy (non-hydrogen) atoms. The number of tetrazole rings is 1. The van der Waals surface area contributed by atoms with Crippen molar-refractivity contribution in [3.63, 3.8) is 0 Å². The zero-order valence-electron chi connectivity index (χ0n) is 14.1. The maximum absolute atomic E-state index is 12.5. The first-order valence-electron chi connectivity index (χ1n) is 7.55. The van der Waals surface area contributed by atoms with Crippen molar-refractivity contribution in [3.8, 4) is 5.69 Å². The number of nitrogens with one attached hydrogen (secondary N) is 1. The number of benzene rings is 2. The van der Waals surface area contributed by atoms with Crippen molar-refractivity contribution in [1.82, 2.24) is 24.5 Å². The van der Waals surface area contributed by atoms with E-state index < -0.39 is 15.9 Å². The Morgan fingerprint density at radius 2 is 1.88 bits per heavy atom. The predicted octanol–water partition coefficient (Wildman–Crippen LogP) is 1.16. The highest BCUT2D eigenvalue weighted by Gasteiger charge is 2.18. The van der Waals surface area contributed by atoms with Gasteiger partial charge < -0.3 is 5.32 Å². The Labute approximate surface area is 150 Å². The Kier molecular flexibility index (Phi) is 4.78. The van der Waals surface area contributed by atoms with E-state index in [9.17, 15) is 13.2 Å². The van der Waals surface area contributed by atoms with Gasteiger partial charge in [0.2, 0.25) is 10.0 Å². The molecule has 1 amide bonds. The first kappa shape index (κ1) is 17.7. The molecule has 1 aromatic heterocycles. The number of amides is 1. The number of hydrogen-bond acceptors (Lipinski definition) is 6. The summed E-state index contributed by atoms with van der Waals surface area (Å²) in [6.07, 6.45) is 1.44. The molecule has 0 saturated heterocycles. The summed E-state index contributed by atoms with van der Waals surface area (Å²) in [5.74, 6) is -0.422. The van der Waals surface area contributed by atoms with Crippen LogP contribution in [-0.2, 0) is 10.0 Å². The molecule has 0 radical (unpaired) electrons. The molecule has 0 aliphatic carbocycles. The predicted molar refractivity (Wildman–Crippen MR) is 94.4 cm³/mol. The van der Waals surface area contributed by atoms with Gasteiger partial charge in [-0.3, -0.25) is 4.79 Å². The number of sulfonamides is 1. The van der Waals surface area contributed by atoms with Gasteiger partial charge in [0, 0.05) is 25.3 Å². The van der Waals surface area contributed by atoms with E-state index in [4.69, 9.17) is 0 Å². The van der Waals surface area contributed by atoms with Crippen molar-refractivity contribution < 1.29 is 13.2 Å². The van der Waals surface area contributed by atoms with Crippen molar-refractivity contribution in [3.05, 3.63) is 60.4 Å². The number of aromatic nitrogens is 4. The summed E-state index contributed by atoms with van der Waals surface area (Å²) in [6, 6.07) is 12.8. The molecule has 0 aliphatic heterocycles. The summed E-state index contributed by atoms with van der Waals surface area (Å²) in [4.78, 5) is 12.5. The first-order valence-corrected chi connectivity index (χ1v) is 8.99. The second-order valence-electron chi connectivity index (χ2n) is 5.57. The van der Waals surface area contributed by atoms with E-state index in [1.54, 1.807) is 30.3 Å². The maximum Gasteiger partial charge on any atom is 0.255 e. The molecule has 0 unspecified atom stereocenters. The lowest BCUT2D eigenvalue weighted by molar-refractivity contribution is 0.102. The van der Waals surface area contributed by atoms with E-state index in [1.807, 2.05) is 0 Å². The van der Waals surface area contributed by atoms with Crippen molar-refractivity contribution >= 4 is 21.6 Å². The van der Waals surface area contributed by atoms with Gasteiger partial charge in [-0.1, -0.05) is 12.1 Å². The molecule has 3 aromatic rings. The first-order chi connectivity index (χ1) is 12.4. The Balaban J connectivity index is 1.84. The monoisotopic (exact) mass is 372 g/mol. The number of carbonyl (C=O) groups excluding carboxylic acids is 1. The van der Waals surface area contributed by atoms with Gasteiger partial charge in [0.1, 0.15) is 6.33 Å². The summed E-state index contributed by atoms with van der Waals surface area (Å²) in [6.45, 7) is 0. The molecule has 0 fully saturated rings. The highest BCUT2D eigenvalue weighted by molar-refractivity contribution is 7.89. The molecule has 0 spiro atoms. The molecule has 0 saturated carbocycles. The standard InChI is InChI=1S/C16H16N6O3S/c1-21(2)26(24,25)15-8-3-5-12(9-15)16(23)18-13-6-4-7-14(10-13)22-11-17-19-20-22/h3-11H,1-2H3,(H,18,23). The number of nitrogens with zero attached hydrogens (tertiary/aromatic N) is 5. The largest absolute Gasteiger partial charge is 0.322 e. The molecule has 0 bridgehead atoms. The van der Waals surface area contributed by atoms with E-state index in [1.165, 1.54) is 43.3 Å². The Morgan fingerprint density at radius 3 is 2.58 bits per heavy atom. The number of carbonyl (C=O) groups is 1. The summed E-state index contributed by atoms with van der Waals surface area (Å²) in [5, 5.41) is 13.7. The van der Waals surface area contributed by atoms with Crippen LogP contribution in [0.1, 0.15) is 10.4 Å². The van der Waals surface area contributed by atoms with Gasteiger partial charge >= 0.3 is 0 Å². The SMILES string of the molecule is CN(C)S(=O)(=O)c1cccc(C(=O)Nc2cccc(-n3cnnn3)c2)c1. The van der Waals surface area contributed by atoms with Crippen molar-refractivity contribution in [2.75, 3.05) is 19.4 Å². The van der Waals surface area contributed by atoms with Crippen molar-refractivity contribution in [2.45, 2.75) is 4.90 Å². The molecule has 0 aliphatic rings. The van der Waals surface area contributed by atoms with Crippen molar-refractivity contribution in [2.24, 2.45) is 0 Å². The number of rotatable bonds is 5. The quantitative estimate of drug-likeness (QED) is 0.720. The molecular formula is C16H16N6O3S. The third-order valence-corrected chi connectivity index (χ3v) is 5.40. The minimum atomic E-state index is -3.61. The second-order valence-corrected chi connectivity index (χ2v) is 7.73. The van der Waals surface area contributed by atoms with Gasteiger partial charge in [-0.25, -0.2) is 17.4 Å². The minimum absolute atomic E-state index is 0.0533. The van der Waals surface area contributed by atoms with Crippen LogP contribution in [0.15, 0.2) is 59.8 Å². The minimum Gasteiger partial charge on any atom is -0.322 e. The van der Waals surface area contributed by atoms with Crippen LogP contribution in [0.25, 0.3) is 5.69 Å². The van der Waals surface area contributed by atoms with Gasteiger partial charge in [0.25, 0.3) is 5.91 Å². The zero-order chi connectivity index (χ0) is 18.7. The molecule has 1 heterocycles. The van der Waals surface area contributed by atoms with E-state index >= 15 is 0 Å². The Hall–Kier alpha value is -3.11. The molecule has 2 aromatic carbocycles. The summed E-state index contributed by atoms with van der Waals surface area (Å²) >= 11 is 0. The van der Waals surface area contributed by atoms with Gasteiger partial charge in [-0.15, -0.1) is 5.10 Å². The fourth-order valence-electron chi connectivity index (χ4n) is 2.22. The molecule has 9 nitrogen and oxygen atoms in total. The van der Waals surface area contributed by atoms with Crippen LogP contribution in [0.3, 0.4) is 0 Å². The average molecular weight is 372 g/mol. The molecule has 1 N–H and O–H groups in total. The van der Waals surface area contributed by atoms with Crippen LogP contribution in [0, 0.1) is 0 Å². The maximum atomic E-state index is 12.5. The highest BCUT2D eigenvalue weighted by atomic mass is 32.2. The topological polar surface area (TPSA) is 110 Å². The van der Waals surface area contributed by atoms with Crippen LogP contribution in [0.5, 0.6) is 0 Å². The average Bonchev–Trinajstić information content (AvgIpc) is 3.16. The van der Waals surface area contributed by atoms with Gasteiger partial charge in [-0.05, 0) is 46.8 Å². The second kappa shape index (κ2) is 7.02. The van der Waals surface area contributed by atoms with Crippen LogP contribution in [0.4, 0.5) is 5.69 Å². The molecule has 3 rings (SSSR count). The van der Waals surface area contributed by atoms with Gasteiger partial charge in [0.05, 0.1) is 10.6 Å². The van der Waals surface area contributed by atoms with Crippen LogP contribution >= 0.6 is 0 Å². The summed E-state index contributed by atoms with van der Waals surface area (Å²) in [5.41, 5.74) is 1.45. The van der Waals surface area contributed by atoms with Crippen LogP contribution in [-0.4, -0.2) is 52.9 Å². The molecular weight excluding hydrogens is 356 g/mol. The zero-order valence-corrected chi connectivity index (χ0v) is 14.9. The lowest BCUT2D eigenvalue weighted by atomic mass is 10.2. The van der Waals surface area contributed by atoms with Crippen LogP contribution in [0.2, 0.25) is 0 Å². The lowest BCUT2D eigenvalue weighted by Crippen LogP contribution is -2.22. The smallest absolute Gasteiger partial charge is 0.255 e. The van der Waals surface area contributed by atoms with E-state index in [-0.39, 0.29) is 10.5 Å². The molecule has 134 valence electrons. The normalized spacial score (nSPS) is 11.5. The Morgan fingerprint density at radius 1 is 1.12 bits per heavy atom. The summed E-state index contributed by atoms with van der Waals surface area (Å²) < 4.78 is 27.0. The fraction of sp³-hybridized carbons (Fsp3) is 0.125. The summed E-state index contributed by atoms with van der Waals surface area (Å²) in [7, 11) is -0.740. The Bertz CT molecular complexity index is 1030. The van der Waals surface area contributed by atoms with Gasteiger partial charge in [-0.2, -0.15) is 0 Å². The number of hydrogen-bond donors (Lipinski definition) is 1. The number of anilines is 1. The van der Waals surface area contributed by atoms with Crippen molar-refractivity contribution in [1.29, 1.82) is 0 Å². The molecule has 0 atom stereocenters. The van der Waals surface area contributed by atoms with Gasteiger partial charge in [0.15, 0.2) is 0 Å². The van der Waals surface area contributed by atoms with E-state index in [2.05, 4.69) is 20.8 Å². The van der Waals surface area contributed by atoms with Crippen LogP contribution < -0.4 is 5.32 Å². The fourth-order valence-corrected chi connectivity index (χ4v) is 3.17. The van der Waals surface area contributed by atoms with E-state index in [0.717, 1.165) is 4.31 Å². The van der Waals surface area contributed by atoms with E-state index in [0.29, 0.717) is 11.4 Å². The molecule has 10 heteroatoms.